The van der Waals surface area contributed by atoms with Crippen LogP contribution >= 0.6 is 39.1 Å². The zero-order valence-corrected chi connectivity index (χ0v) is 14.1. The number of ketones is 1. The van der Waals surface area contributed by atoms with Gasteiger partial charge in [0.15, 0.2) is 6.61 Å². The van der Waals surface area contributed by atoms with Gasteiger partial charge in [0.2, 0.25) is 5.78 Å². The minimum Gasteiger partial charge on any atom is -0.497 e. The predicted molar refractivity (Wildman–Crippen MR) is 87.0 cm³/mol. The molecule has 2 aromatic rings. The van der Waals surface area contributed by atoms with Crippen LogP contribution in [0.25, 0.3) is 0 Å². The second-order valence-corrected chi connectivity index (χ2v) is 5.83. The molecule has 0 amide bonds. The molecule has 3 nitrogen and oxygen atoms in total. The summed E-state index contributed by atoms with van der Waals surface area (Å²) in [5, 5.41) is 0.792. The lowest BCUT2D eigenvalue weighted by Crippen LogP contribution is -2.12. The molecule has 0 aromatic heterocycles. The van der Waals surface area contributed by atoms with Gasteiger partial charge in [-0.25, -0.2) is 0 Å². The second-order valence-electron chi connectivity index (χ2n) is 4.13. The summed E-state index contributed by atoms with van der Waals surface area (Å²) >= 11 is 15.1. The Balaban J connectivity index is 2.07. The van der Waals surface area contributed by atoms with E-state index >= 15 is 0 Å². The third-order valence-corrected chi connectivity index (χ3v) is 3.90. The largest absolute Gasteiger partial charge is 0.497 e. The summed E-state index contributed by atoms with van der Waals surface area (Å²) in [7, 11) is 1.58. The highest BCUT2D eigenvalue weighted by molar-refractivity contribution is 9.10. The summed E-state index contributed by atoms with van der Waals surface area (Å²) < 4.78 is 11.3. The monoisotopic (exact) mass is 388 g/mol. The molecule has 21 heavy (non-hydrogen) atoms. The Labute approximate surface area is 140 Å². The first-order valence-electron chi connectivity index (χ1n) is 5.96. The van der Waals surface area contributed by atoms with E-state index in [9.17, 15) is 4.79 Å². The molecule has 0 saturated heterocycles. The molecule has 0 aliphatic rings. The van der Waals surface area contributed by atoms with Crippen molar-refractivity contribution in [1.82, 2.24) is 0 Å². The van der Waals surface area contributed by atoms with Crippen LogP contribution in [0.5, 0.6) is 11.5 Å². The van der Waals surface area contributed by atoms with E-state index in [0.29, 0.717) is 31.6 Å². The van der Waals surface area contributed by atoms with Crippen LogP contribution in [0.3, 0.4) is 0 Å². The Hall–Kier alpha value is -1.23. The van der Waals surface area contributed by atoms with Crippen molar-refractivity contribution in [3.05, 3.63) is 56.5 Å². The summed E-state index contributed by atoms with van der Waals surface area (Å²) in [4.78, 5) is 12.1. The van der Waals surface area contributed by atoms with Gasteiger partial charge in [0.25, 0.3) is 0 Å². The molecule has 0 N–H and O–H groups in total. The summed E-state index contributed by atoms with van der Waals surface area (Å²) in [6.07, 6.45) is 0. The van der Waals surface area contributed by atoms with E-state index in [4.69, 9.17) is 32.7 Å². The van der Waals surface area contributed by atoms with Crippen molar-refractivity contribution in [3.8, 4) is 11.5 Å². The molecule has 0 aliphatic carbocycles. The molecular weight excluding hydrogens is 379 g/mol. The van der Waals surface area contributed by atoms with Crippen LogP contribution in [0, 0.1) is 0 Å². The van der Waals surface area contributed by atoms with Crippen molar-refractivity contribution < 1.29 is 14.3 Å². The van der Waals surface area contributed by atoms with Gasteiger partial charge < -0.3 is 9.47 Å². The molecule has 110 valence electrons. The number of rotatable bonds is 5. The van der Waals surface area contributed by atoms with Crippen LogP contribution in [0.2, 0.25) is 10.0 Å². The van der Waals surface area contributed by atoms with Crippen LogP contribution in [0.4, 0.5) is 0 Å². The average molecular weight is 390 g/mol. The minimum absolute atomic E-state index is 0.119. The Kier molecular flexibility index (Phi) is 5.51. The van der Waals surface area contributed by atoms with Gasteiger partial charge >= 0.3 is 0 Å². The van der Waals surface area contributed by atoms with Crippen LogP contribution in [-0.2, 0) is 0 Å². The first kappa shape index (κ1) is 16.1. The van der Waals surface area contributed by atoms with E-state index in [1.165, 1.54) is 6.07 Å². The zero-order valence-electron chi connectivity index (χ0n) is 11.0. The first-order chi connectivity index (χ1) is 10.0. The maximum Gasteiger partial charge on any atom is 0.201 e. The van der Waals surface area contributed by atoms with Crippen LogP contribution in [0.1, 0.15) is 10.4 Å². The van der Waals surface area contributed by atoms with E-state index < -0.39 is 0 Å². The highest BCUT2D eigenvalue weighted by Crippen LogP contribution is 2.29. The van der Waals surface area contributed by atoms with Gasteiger partial charge in [-0.3, -0.25) is 4.79 Å². The molecule has 0 unspecified atom stereocenters. The lowest BCUT2D eigenvalue weighted by atomic mass is 10.1. The van der Waals surface area contributed by atoms with Crippen LogP contribution < -0.4 is 9.47 Å². The fraction of sp³-hybridized carbons (Fsp3) is 0.133. The molecule has 0 saturated carbocycles. The standard InChI is InChI=1S/C15H11BrCl2O3/c1-20-10-3-5-15(12(16)7-10)21-8-14(19)11-4-2-9(17)6-13(11)18/h2-7H,8H2,1H3. The van der Waals surface area contributed by atoms with E-state index in [2.05, 4.69) is 15.9 Å². The van der Waals surface area contributed by atoms with Gasteiger partial charge in [0.1, 0.15) is 11.5 Å². The van der Waals surface area contributed by atoms with Crippen molar-refractivity contribution in [2.45, 2.75) is 0 Å². The number of methoxy groups -OCH3 is 1. The topological polar surface area (TPSA) is 35.5 Å². The number of hydrogen-bond acceptors (Lipinski definition) is 3. The number of carbonyl (C=O) groups excluding carboxylic acids is 1. The molecule has 2 rings (SSSR count). The summed E-state index contributed by atoms with van der Waals surface area (Å²) in [6.45, 7) is -0.119. The van der Waals surface area contributed by atoms with Crippen molar-refractivity contribution in [3.63, 3.8) is 0 Å². The molecule has 0 heterocycles. The van der Waals surface area contributed by atoms with E-state index in [0.717, 1.165) is 0 Å². The van der Waals surface area contributed by atoms with Crippen molar-refractivity contribution in [2.75, 3.05) is 13.7 Å². The maximum absolute atomic E-state index is 12.1. The normalized spacial score (nSPS) is 10.3. The molecule has 6 heteroatoms. The maximum atomic E-state index is 12.1. The quantitative estimate of drug-likeness (QED) is 0.673. The third kappa shape index (κ3) is 4.13. The van der Waals surface area contributed by atoms with Gasteiger partial charge in [0.05, 0.1) is 16.6 Å². The molecule has 0 spiro atoms. The highest BCUT2D eigenvalue weighted by Gasteiger charge is 2.12. The average Bonchev–Trinajstić information content (AvgIpc) is 2.45. The summed E-state index contributed by atoms with van der Waals surface area (Å²) in [6, 6.07) is 9.96. The van der Waals surface area contributed by atoms with Crippen LogP contribution in [0.15, 0.2) is 40.9 Å². The molecule has 0 fully saturated rings. The lowest BCUT2D eigenvalue weighted by molar-refractivity contribution is 0.0921. The van der Waals surface area contributed by atoms with Gasteiger partial charge in [0, 0.05) is 10.6 Å². The Bertz CT molecular complexity index is 674. The van der Waals surface area contributed by atoms with Crippen molar-refractivity contribution >= 4 is 44.9 Å². The highest BCUT2D eigenvalue weighted by atomic mass is 79.9. The smallest absolute Gasteiger partial charge is 0.201 e. The Morgan fingerprint density at radius 2 is 1.95 bits per heavy atom. The van der Waals surface area contributed by atoms with Gasteiger partial charge in [-0.1, -0.05) is 23.2 Å². The van der Waals surface area contributed by atoms with Crippen molar-refractivity contribution in [1.29, 1.82) is 0 Å². The molecule has 0 radical (unpaired) electrons. The van der Waals surface area contributed by atoms with Gasteiger partial charge in [-0.05, 0) is 52.3 Å². The zero-order chi connectivity index (χ0) is 15.4. The van der Waals surface area contributed by atoms with E-state index in [-0.39, 0.29) is 12.4 Å². The van der Waals surface area contributed by atoms with Gasteiger partial charge in [-0.2, -0.15) is 0 Å². The predicted octanol–water partition coefficient (Wildman–Crippen LogP) is 5.03. The van der Waals surface area contributed by atoms with E-state index in [1.807, 2.05) is 0 Å². The number of hydrogen-bond donors (Lipinski definition) is 0. The minimum atomic E-state index is -0.223. The summed E-state index contributed by atoms with van der Waals surface area (Å²) in [5.74, 6) is 1.02. The van der Waals surface area contributed by atoms with Crippen molar-refractivity contribution in [2.24, 2.45) is 0 Å². The Morgan fingerprint density at radius 1 is 1.19 bits per heavy atom. The SMILES string of the molecule is COc1ccc(OCC(=O)c2ccc(Cl)cc2Cl)c(Br)c1. The number of carbonyl (C=O) groups is 1. The number of Topliss-reactive ketones (excluding diaryl/α,β-unsaturated/α-hetero) is 1. The van der Waals surface area contributed by atoms with Gasteiger partial charge in [-0.15, -0.1) is 0 Å². The van der Waals surface area contributed by atoms with E-state index in [1.54, 1.807) is 37.4 Å². The Morgan fingerprint density at radius 3 is 2.57 bits per heavy atom. The lowest BCUT2D eigenvalue weighted by Gasteiger charge is -2.09. The number of benzene rings is 2. The molecule has 0 bridgehead atoms. The fourth-order valence-electron chi connectivity index (χ4n) is 1.66. The molecule has 0 aliphatic heterocycles. The molecule has 0 atom stereocenters. The summed E-state index contributed by atoms with van der Waals surface area (Å²) in [5.41, 5.74) is 0.380. The molecular formula is C15H11BrCl2O3. The molecule has 2 aromatic carbocycles. The third-order valence-electron chi connectivity index (χ3n) is 2.73. The van der Waals surface area contributed by atoms with Crippen LogP contribution in [-0.4, -0.2) is 19.5 Å². The fourth-order valence-corrected chi connectivity index (χ4v) is 2.65. The number of ether oxygens (including phenoxy) is 2. The second kappa shape index (κ2) is 7.16. The first-order valence-corrected chi connectivity index (χ1v) is 7.50. The number of halogens is 3.